The largest absolute Gasteiger partial charge is 0.497 e. The minimum Gasteiger partial charge on any atom is -0.497 e. The summed E-state index contributed by atoms with van der Waals surface area (Å²) in [5, 5.41) is 16.3. The Bertz CT molecular complexity index is 2080. The number of benzene rings is 2. The number of imidazole rings is 1. The number of hydrogen-bond acceptors (Lipinski definition) is 9. The van der Waals surface area contributed by atoms with Crippen molar-refractivity contribution in [1.82, 2.24) is 44.2 Å². The quantitative estimate of drug-likeness (QED) is 0.185. The van der Waals surface area contributed by atoms with Gasteiger partial charge in [0.25, 0.3) is 5.91 Å². The second-order valence-electron chi connectivity index (χ2n) is 10.8. The lowest BCUT2D eigenvalue weighted by atomic mass is 10.2. The Labute approximate surface area is 283 Å². The van der Waals surface area contributed by atoms with Crippen molar-refractivity contribution >= 4 is 11.4 Å². The van der Waals surface area contributed by atoms with E-state index in [1.54, 1.807) is 66.4 Å². The molecule has 1 N–H and O–H groups in total. The molecule has 6 rings (SSSR count). The number of halogens is 1. The number of methoxy groups -OCH3 is 3. The molecule has 4 heterocycles. The fourth-order valence-corrected chi connectivity index (χ4v) is 5.38. The van der Waals surface area contributed by atoms with Crippen molar-refractivity contribution in [2.45, 2.75) is 54.3 Å². The fraction of sp³-hybridized carbons (Fsp3) is 0.314. The maximum atomic E-state index is 15.6. The lowest BCUT2D eigenvalue weighted by molar-refractivity contribution is 0.0939. The van der Waals surface area contributed by atoms with Crippen molar-refractivity contribution in [3.63, 3.8) is 0 Å². The first-order valence-corrected chi connectivity index (χ1v) is 15.9. The van der Waals surface area contributed by atoms with Gasteiger partial charge in [-0.15, -0.1) is 10.2 Å². The molecule has 0 aliphatic rings. The first-order chi connectivity index (χ1) is 23.8. The Morgan fingerprint density at radius 2 is 1.63 bits per heavy atom. The highest BCUT2D eigenvalue weighted by molar-refractivity contribution is 5.94. The minimum absolute atomic E-state index is 0.120. The predicted octanol–water partition coefficient (Wildman–Crippen LogP) is 5.66. The van der Waals surface area contributed by atoms with Gasteiger partial charge in [0, 0.05) is 30.9 Å². The molecule has 49 heavy (non-hydrogen) atoms. The zero-order chi connectivity index (χ0) is 35.2. The monoisotopic (exact) mass is 669 g/mol. The average molecular weight is 670 g/mol. The van der Waals surface area contributed by atoms with Gasteiger partial charge in [-0.05, 0) is 50.6 Å². The topological polar surface area (TPSA) is 136 Å². The molecule has 0 aliphatic heterocycles. The van der Waals surface area contributed by atoms with Crippen molar-refractivity contribution in [3.8, 4) is 40.3 Å². The van der Waals surface area contributed by atoms with Gasteiger partial charge in [-0.2, -0.15) is 5.10 Å². The number of aryl methyl sites for hydroxylation is 3. The van der Waals surface area contributed by atoms with Crippen molar-refractivity contribution in [2.24, 2.45) is 0 Å². The third-order valence-electron chi connectivity index (χ3n) is 7.82. The normalized spacial score (nSPS) is 10.9. The third kappa shape index (κ3) is 6.80. The molecule has 0 bridgehead atoms. The summed E-state index contributed by atoms with van der Waals surface area (Å²) < 4.78 is 36.7. The molecular formula is C35H40FN9O4. The Hall–Kier alpha value is -5.79. The zero-order valence-electron chi connectivity index (χ0n) is 28.9. The smallest absolute Gasteiger partial charge is 0.287 e. The van der Waals surface area contributed by atoms with Gasteiger partial charge in [-0.1, -0.05) is 26.0 Å². The third-order valence-corrected chi connectivity index (χ3v) is 7.82. The van der Waals surface area contributed by atoms with Crippen LogP contribution in [0, 0.1) is 19.7 Å². The van der Waals surface area contributed by atoms with Gasteiger partial charge in [0.15, 0.2) is 17.5 Å². The number of rotatable bonds is 11. The van der Waals surface area contributed by atoms with Crippen LogP contribution in [0.25, 0.3) is 28.6 Å². The van der Waals surface area contributed by atoms with Crippen LogP contribution < -0.4 is 19.5 Å². The maximum absolute atomic E-state index is 15.6. The predicted molar refractivity (Wildman–Crippen MR) is 182 cm³/mol. The van der Waals surface area contributed by atoms with E-state index in [-0.39, 0.29) is 36.1 Å². The molecular weight excluding hydrogens is 629 g/mol. The molecule has 13 nitrogen and oxygen atoms in total. The summed E-state index contributed by atoms with van der Waals surface area (Å²) in [6.07, 6.45) is 3.36. The van der Waals surface area contributed by atoms with E-state index in [0.29, 0.717) is 46.5 Å². The molecule has 256 valence electrons. The molecule has 6 aromatic rings. The van der Waals surface area contributed by atoms with Crippen LogP contribution in [0.15, 0.2) is 54.9 Å². The highest BCUT2D eigenvalue weighted by Crippen LogP contribution is 2.31. The lowest BCUT2D eigenvalue weighted by Crippen LogP contribution is -2.25. The van der Waals surface area contributed by atoms with Crippen molar-refractivity contribution < 1.29 is 23.4 Å². The van der Waals surface area contributed by atoms with Gasteiger partial charge in [-0.3, -0.25) is 23.4 Å². The van der Waals surface area contributed by atoms with Gasteiger partial charge >= 0.3 is 0 Å². The van der Waals surface area contributed by atoms with E-state index in [9.17, 15) is 4.79 Å². The number of carbonyl (C=O) groups is 1. The number of carbonyl (C=O) groups excluding carboxylic acids is 1. The Kier molecular flexibility index (Phi) is 10.5. The summed E-state index contributed by atoms with van der Waals surface area (Å²) in [6.45, 7) is 10.2. The molecule has 0 saturated carbocycles. The van der Waals surface area contributed by atoms with Crippen LogP contribution in [0.2, 0.25) is 0 Å². The summed E-state index contributed by atoms with van der Waals surface area (Å²) in [5.41, 5.74) is 3.67. The number of amides is 1. The van der Waals surface area contributed by atoms with Crippen LogP contribution in [-0.2, 0) is 19.6 Å². The summed E-state index contributed by atoms with van der Waals surface area (Å²) in [7, 11) is 4.73. The second-order valence-corrected chi connectivity index (χ2v) is 10.8. The number of nitrogens with zero attached hydrogens (tertiary/aromatic N) is 8. The van der Waals surface area contributed by atoms with Crippen LogP contribution in [0.1, 0.15) is 53.9 Å². The van der Waals surface area contributed by atoms with Crippen LogP contribution in [0.3, 0.4) is 0 Å². The molecule has 0 aliphatic carbocycles. The van der Waals surface area contributed by atoms with Gasteiger partial charge in [-0.25, -0.2) is 9.37 Å². The van der Waals surface area contributed by atoms with Gasteiger partial charge in [0.05, 0.1) is 51.0 Å². The van der Waals surface area contributed by atoms with E-state index < -0.39 is 11.7 Å². The molecule has 1 amide bonds. The zero-order valence-corrected chi connectivity index (χ0v) is 28.9. The SMILES string of the molecule is CC.CCn1nc(C)c(F)c1-c1nnc(-c2nc(C(=O)NCc3ccc(OC)cc3OC)n3cc(C)ncc23)n1Cc1ccc(OC)cc1. The molecule has 4 aromatic heterocycles. The lowest BCUT2D eigenvalue weighted by Gasteiger charge is -2.11. The molecule has 0 saturated heterocycles. The summed E-state index contributed by atoms with van der Waals surface area (Å²) in [5.74, 6) is 1.72. The van der Waals surface area contributed by atoms with Crippen LogP contribution in [0.5, 0.6) is 17.2 Å². The van der Waals surface area contributed by atoms with Crippen LogP contribution in [-0.4, -0.2) is 66.2 Å². The highest BCUT2D eigenvalue weighted by Gasteiger charge is 2.28. The summed E-state index contributed by atoms with van der Waals surface area (Å²) >= 11 is 0. The molecule has 14 heteroatoms. The molecule has 0 atom stereocenters. The van der Waals surface area contributed by atoms with Gasteiger partial charge in [0.2, 0.25) is 5.82 Å². The number of nitrogens with one attached hydrogen (secondary N) is 1. The first-order valence-electron chi connectivity index (χ1n) is 15.9. The van der Waals surface area contributed by atoms with Crippen LogP contribution in [0.4, 0.5) is 4.39 Å². The number of aromatic nitrogens is 8. The van der Waals surface area contributed by atoms with Gasteiger partial charge < -0.3 is 19.5 Å². The standard InChI is InChI=1S/C33H34FN9O4.C2H6/c1-7-43-29(27(34)20(3)40-43)31-39-38-30(42(31)18-21-8-11-23(45-4)12-9-21)28-25-16-35-19(2)17-41(25)32(37-28)33(44)36-15-22-10-13-24(46-5)14-26(22)47-6;1-2/h8-14,16-17H,7,15,18H2,1-6H3,(H,36,44);1-2H3. The molecule has 0 fully saturated rings. The first kappa shape index (κ1) is 34.5. The number of fused-ring (bicyclic) bond motifs is 1. The van der Waals surface area contributed by atoms with E-state index in [4.69, 9.17) is 19.2 Å². The van der Waals surface area contributed by atoms with E-state index in [1.807, 2.05) is 58.0 Å². The molecule has 0 unspecified atom stereocenters. The van der Waals surface area contributed by atoms with E-state index in [0.717, 1.165) is 11.1 Å². The Balaban J connectivity index is 0.00000230. The highest BCUT2D eigenvalue weighted by atomic mass is 19.1. The number of ether oxygens (including phenoxy) is 3. The van der Waals surface area contributed by atoms with Crippen molar-refractivity contribution in [3.05, 3.63) is 89.0 Å². The van der Waals surface area contributed by atoms with E-state index >= 15 is 4.39 Å². The van der Waals surface area contributed by atoms with Crippen molar-refractivity contribution in [2.75, 3.05) is 21.3 Å². The summed E-state index contributed by atoms with van der Waals surface area (Å²) in [6, 6.07) is 12.9. The maximum Gasteiger partial charge on any atom is 0.287 e. The number of hydrogen-bond donors (Lipinski definition) is 1. The minimum atomic E-state index is -0.484. The molecule has 0 spiro atoms. The second kappa shape index (κ2) is 15.0. The average Bonchev–Trinajstić information content (AvgIpc) is 3.80. The molecule has 0 radical (unpaired) electrons. The fourth-order valence-electron chi connectivity index (χ4n) is 5.38. The van der Waals surface area contributed by atoms with Crippen LogP contribution >= 0.6 is 0 Å². The Morgan fingerprint density at radius 3 is 2.31 bits per heavy atom. The van der Waals surface area contributed by atoms with Gasteiger partial charge in [0.1, 0.15) is 28.6 Å². The van der Waals surface area contributed by atoms with Crippen molar-refractivity contribution in [1.29, 1.82) is 0 Å². The van der Waals surface area contributed by atoms with E-state index in [1.165, 1.54) is 0 Å². The summed E-state index contributed by atoms with van der Waals surface area (Å²) in [4.78, 5) is 23.0. The Morgan fingerprint density at radius 1 is 0.939 bits per heavy atom. The molecule has 2 aromatic carbocycles. The van der Waals surface area contributed by atoms with E-state index in [2.05, 4.69) is 25.6 Å².